The molecule has 46 heavy (non-hydrogen) atoms. The lowest BCUT2D eigenvalue weighted by Gasteiger charge is -2.32. The van der Waals surface area contributed by atoms with Gasteiger partial charge in [0, 0.05) is 30.3 Å². The summed E-state index contributed by atoms with van der Waals surface area (Å²) in [5.41, 5.74) is 1.10. The molecule has 11 heteroatoms. The van der Waals surface area contributed by atoms with E-state index in [2.05, 4.69) is 10.6 Å². The highest BCUT2D eigenvalue weighted by molar-refractivity contribution is 5.95. The fourth-order valence-electron chi connectivity index (χ4n) is 5.17. The molecule has 0 aliphatic carbocycles. The van der Waals surface area contributed by atoms with Gasteiger partial charge in [0.2, 0.25) is 5.91 Å². The van der Waals surface area contributed by atoms with E-state index in [0.717, 1.165) is 25.0 Å². The number of carbonyl (C=O) groups excluding carboxylic acids is 3. The van der Waals surface area contributed by atoms with Gasteiger partial charge in [0.1, 0.15) is 23.8 Å². The smallest absolute Gasteiger partial charge is 0.251 e. The van der Waals surface area contributed by atoms with Crippen molar-refractivity contribution in [2.75, 3.05) is 13.1 Å². The maximum atomic E-state index is 14.0. The number of aliphatic hydroxyl groups excluding tert-OH is 2. The lowest BCUT2D eigenvalue weighted by molar-refractivity contribution is -0.130. The number of halogens is 2. The predicted octanol–water partition coefficient (Wildman–Crippen LogP) is 3.93. The highest BCUT2D eigenvalue weighted by Crippen LogP contribution is 2.17. The Kier molecular flexibility index (Phi) is 13.8. The largest absolute Gasteiger partial charge is 0.388 e. The molecule has 0 aliphatic rings. The van der Waals surface area contributed by atoms with Crippen molar-refractivity contribution in [2.45, 2.75) is 70.2 Å². The van der Waals surface area contributed by atoms with Crippen molar-refractivity contribution in [1.82, 2.24) is 15.5 Å². The molecule has 3 aromatic carbocycles. The first-order valence-corrected chi connectivity index (χ1v) is 15.3. The van der Waals surface area contributed by atoms with Gasteiger partial charge >= 0.3 is 0 Å². The summed E-state index contributed by atoms with van der Waals surface area (Å²) in [7, 11) is 0. The van der Waals surface area contributed by atoms with E-state index in [1.165, 1.54) is 18.2 Å². The number of amides is 3. The second-order valence-corrected chi connectivity index (χ2v) is 11.1. The normalized spacial score (nSPS) is 13.5. The van der Waals surface area contributed by atoms with Crippen molar-refractivity contribution in [2.24, 2.45) is 0 Å². The van der Waals surface area contributed by atoms with Gasteiger partial charge in [0.05, 0.1) is 31.0 Å². The van der Waals surface area contributed by atoms with Gasteiger partial charge in [0.25, 0.3) is 11.8 Å². The Hall–Kier alpha value is -4.66. The van der Waals surface area contributed by atoms with Crippen LogP contribution in [0.2, 0.25) is 0 Å². The van der Waals surface area contributed by atoms with Crippen molar-refractivity contribution in [3.63, 3.8) is 0 Å². The van der Waals surface area contributed by atoms with E-state index in [-0.39, 0.29) is 41.9 Å². The molecule has 0 bridgehead atoms. The first-order chi connectivity index (χ1) is 22.1. The number of aliphatic hydroxyl groups is 2. The molecule has 0 heterocycles. The van der Waals surface area contributed by atoms with E-state index in [1.807, 2.05) is 19.9 Å². The maximum Gasteiger partial charge on any atom is 0.251 e. The number of hydrogen-bond donors (Lipinski definition) is 4. The van der Waals surface area contributed by atoms with Crippen LogP contribution in [0.4, 0.5) is 8.78 Å². The average molecular weight is 635 g/mol. The van der Waals surface area contributed by atoms with E-state index in [9.17, 15) is 38.6 Å². The van der Waals surface area contributed by atoms with E-state index in [4.69, 9.17) is 0 Å². The number of hydrogen-bond acceptors (Lipinski definition) is 6. The summed E-state index contributed by atoms with van der Waals surface area (Å²) in [5.74, 6) is -3.09. The topological polar surface area (TPSA) is 143 Å². The van der Waals surface area contributed by atoms with Crippen LogP contribution in [0.15, 0.2) is 72.8 Å². The van der Waals surface area contributed by atoms with E-state index < -0.39 is 47.7 Å². The zero-order valence-corrected chi connectivity index (χ0v) is 26.0. The van der Waals surface area contributed by atoms with Gasteiger partial charge < -0.3 is 25.7 Å². The van der Waals surface area contributed by atoms with E-state index >= 15 is 0 Å². The third-order valence-corrected chi connectivity index (χ3v) is 7.42. The van der Waals surface area contributed by atoms with Crippen LogP contribution in [-0.2, 0) is 17.6 Å². The lowest BCUT2D eigenvalue weighted by Crippen LogP contribution is -2.56. The SMILES string of the molecule is CCCN(CCC)C(=O)Cc1cccc(C(=O)N[C@@H](Cc2cc(F)cc(F)c2)[C@@H](O)[C@H](O)[C@@H](CC#N)NC(=O)c2ccccc2)c1. The minimum absolute atomic E-state index is 0.0748. The fraction of sp³-hybridized carbons (Fsp3) is 0.371. The molecule has 244 valence electrons. The lowest BCUT2D eigenvalue weighted by atomic mass is 9.92. The first kappa shape index (κ1) is 35.8. The Bertz CT molecular complexity index is 1490. The molecule has 0 saturated heterocycles. The van der Waals surface area contributed by atoms with Gasteiger partial charge in [-0.1, -0.05) is 44.2 Å². The molecular formula is C35H40F2N4O5. The van der Waals surface area contributed by atoms with Crippen molar-refractivity contribution >= 4 is 17.7 Å². The Morgan fingerprint density at radius 1 is 0.783 bits per heavy atom. The summed E-state index contributed by atoms with van der Waals surface area (Å²) in [6, 6.07) is 16.5. The van der Waals surface area contributed by atoms with Crippen molar-refractivity contribution < 1.29 is 33.4 Å². The first-order valence-electron chi connectivity index (χ1n) is 15.3. The van der Waals surface area contributed by atoms with Crippen LogP contribution >= 0.6 is 0 Å². The van der Waals surface area contributed by atoms with E-state index in [0.29, 0.717) is 24.7 Å². The number of nitrogens with one attached hydrogen (secondary N) is 2. The Morgan fingerprint density at radius 2 is 1.35 bits per heavy atom. The van der Waals surface area contributed by atoms with Crippen LogP contribution in [0.5, 0.6) is 0 Å². The molecule has 0 fully saturated rings. The Balaban J connectivity index is 1.86. The van der Waals surface area contributed by atoms with Gasteiger partial charge in [-0.05, 0) is 66.8 Å². The molecule has 0 radical (unpaired) electrons. The number of nitrogens with zero attached hydrogens (tertiary/aromatic N) is 2. The second kappa shape index (κ2) is 17.7. The monoisotopic (exact) mass is 634 g/mol. The molecular weight excluding hydrogens is 594 g/mol. The molecule has 0 aromatic heterocycles. The summed E-state index contributed by atoms with van der Waals surface area (Å²) in [6.45, 7) is 5.21. The average Bonchev–Trinajstić information content (AvgIpc) is 3.03. The van der Waals surface area contributed by atoms with Crippen LogP contribution in [0.1, 0.15) is 65.0 Å². The molecule has 4 atom stereocenters. The number of carbonyl (C=O) groups is 3. The molecule has 0 unspecified atom stereocenters. The summed E-state index contributed by atoms with van der Waals surface area (Å²) in [5, 5.41) is 37.1. The summed E-state index contributed by atoms with van der Waals surface area (Å²) in [4.78, 5) is 40.9. The molecule has 4 N–H and O–H groups in total. The van der Waals surface area contributed by atoms with Crippen LogP contribution < -0.4 is 10.6 Å². The Morgan fingerprint density at radius 3 is 1.96 bits per heavy atom. The minimum Gasteiger partial charge on any atom is -0.388 e. The summed E-state index contributed by atoms with van der Waals surface area (Å²) in [6.07, 6.45) is -2.53. The third-order valence-electron chi connectivity index (χ3n) is 7.42. The minimum atomic E-state index is -1.79. The third kappa shape index (κ3) is 10.5. The fourth-order valence-corrected chi connectivity index (χ4v) is 5.17. The molecule has 0 saturated carbocycles. The summed E-state index contributed by atoms with van der Waals surface area (Å²) >= 11 is 0. The number of rotatable bonds is 16. The van der Waals surface area contributed by atoms with Gasteiger partial charge in [-0.3, -0.25) is 14.4 Å². The molecule has 3 aromatic rings. The highest BCUT2D eigenvalue weighted by atomic mass is 19.1. The second-order valence-electron chi connectivity index (χ2n) is 11.1. The Labute approximate surface area is 267 Å². The zero-order valence-electron chi connectivity index (χ0n) is 26.0. The van der Waals surface area contributed by atoms with Crippen LogP contribution in [-0.4, -0.2) is 70.2 Å². The molecule has 0 spiro atoms. The van der Waals surface area contributed by atoms with Crippen LogP contribution in [0.3, 0.4) is 0 Å². The standard InChI is InChI=1S/C35H40F2N4O5/c1-3-15-41(16-4-2)31(42)21-23-9-8-12-26(17-23)35(46)40-30(20-24-18-27(36)22-28(37)19-24)33(44)32(43)29(13-14-38)39-34(45)25-10-6-5-7-11-25/h5-12,17-19,22,29-30,32-33,43-44H,3-4,13,15-16,20-21H2,1-2H3,(H,39,45)(H,40,46)/t29-,30+,32-,33-/m1/s1. The summed E-state index contributed by atoms with van der Waals surface area (Å²) < 4.78 is 28.1. The number of benzene rings is 3. The molecule has 3 amide bonds. The molecule has 0 aliphatic heterocycles. The van der Waals surface area contributed by atoms with Crippen molar-refractivity contribution in [3.05, 3.63) is 107 Å². The van der Waals surface area contributed by atoms with Gasteiger partial charge in [-0.25, -0.2) is 8.78 Å². The van der Waals surface area contributed by atoms with Crippen molar-refractivity contribution in [1.29, 1.82) is 5.26 Å². The van der Waals surface area contributed by atoms with Gasteiger partial charge in [-0.2, -0.15) is 5.26 Å². The van der Waals surface area contributed by atoms with Crippen LogP contribution in [0.25, 0.3) is 0 Å². The zero-order chi connectivity index (χ0) is 33.6. The number of nitriles is 1. The van der Waals surface area contributed by atoms with Crippen LogP contribution in [0, 0.1) is 23.0 Å². The van der Waals surface area contributed by atoms with Crippen molar-refractivity contribution in [3.8, 4) is 6.07 Å². The molecule has 3 rings (SSSR count). The maximum absolute atomic E-state index is 14.0. The van der Waals surface area contributed by atoms with E-state index in [1.54, 1.807) is 41.3 Å². The van der Waals surface area contributed by atoms with Gasteiger partial charge in [0.15, 0.2) is 0 Å². The molecule has 9 nitrogen and oxygen atoms in total. The predicted molar refractivity (Wildman–Crippen MR) is 169 cm³/mol. The highest BCUT2D eigenvalue weighted by Gasteiger charge is 2.35. The quantitative estimate of drug-likeness (QED) is 0.188. The van der Waals surface area contributed by atoms with Gasteiger partial charge in [-0.15, -0.1) is 0 Å².